The van der Waals surface area contributed by atoms with Crippen molar-refractivity contribution in [2.24, 2.45) is 0 Å². The predicted molar refractivity (Wildman–Crippen MR) is 135 cm³/mol. The van der Waals surface area contributed by atoms with Gasteiger partial charge in [0.25, 0.3) is 5.91 Å². The highest BCUT2D eigenvalue weighted by Gasteiger charge is 2.40. The number of benzene rings is 1. The molecule has 9 nitrogen and oxygen atoms in total. The summed E-state index contributed by atoms with van der Waals surface area (Å²) < 4.78 is 1.57. The van der Waals surface area contributed by atoms with Gasteiger partial charge in [0.15, 0.2) is 0 Å². The van der Waals surface area contributed by atoms with Gasteiger partial charge < -0.3 is 21.3 Å². The zero-order valence-electron chi connectivity index (χ0n) is 19.1. The fourth-order valence-corrected chi connectivity index (χ4v) is 4.76. The lowest BCUT2D eigenvalue weighted by Crippen LogP contribution is -2.63. The highest BCUT2D eigenvalue weighted by Crippen LogP contribution is 2.22. The van der Waals surface area contributed by atoms with E-state index in [9.17, 15) is 14.4 Å². The van der Waals surface area contributed by atoms with Gasteiger partial charge in [0.2, 0.25) is 11.8 Å². The quantitative estimate of drug-likeness (QED) is 0.326. The van der Waals surface area contributed by atoms with Crippen LogP contribution in [0.15, 0.2) is 54.0 Å². The van der Waals surface area contributed by atoms with Gasteiger partial charge in [-0.05, 0) is 67.7 Å². The number of hydrogen-bond acceptors (Lipinski definition) is 6. The Kier molecular flexibility index (Phi) is 8.17. The Morgan fingerprint density at radius 3 is 2.51 bits per heavy atom. The van der Waals surface area contributed by atoms with E-state index in [2.05, 4.69) is 26.4 Å². The van der Waals surface area contributed by atoms with Gasteiger partial charge in [-0.25, -0.2) is 0 Å². The second-order valence-electron chi connectivity index (χ2n) is 8.27. The van der Waals surface area contributed by atoms with Gasteiger partial charge in [-0.2, -0.15) is 5.10 Å². The monoisotopic (exact) mass is 514 g/mol. The minimum absolute atomic E-state index is 0.0188. The van der Waals surface area contributed by atoms with E-state index in [0.29, 0.717) is 36.5 Å². The van der Waals surface area contributed by atoms with Crippen LogP contribution in [0.2, 0.25) is 5.02 Å². The molecule has 1 aliphatic rings. The molecule has 1 aromatic carbocycles. The Morgan fingerprint density at radius 2 is 1.80 bits per heavy atom. The number of piperidine rings is 1. The van der Waals surface area contributed by atoms with Gasteiger partial charge in [-0.15, -0.1) is 11.3 Å². The van der Waals surface area contributed by atoms with Gasteiger partial charge in [0.05, 0.1) is 4.88 Å². The van der Waals surface area contributed by atoms with Gasteiger partial charge in [0.1, 0.15) is 17.8 Å². The summed E-state index contributed by atoms with van der Waals surface area (Å²) >= 11 is 7.43. The predicted octanol–water partition coefficient (Wildman–Crippen LogP) is 2.05. The second-order valence-corrected chi connectivity index (χ2v) is 9.66. The number of aromatic nitrogens is 2. The van der Waals surface area contributed by atoms with E-state index in [4.69, 9.17) is 11.6 Å². The van der Waals surface area contributed by atoms with E-state index < -0.39 is 5.54 Å². The van der Waals surface area contributed by atoms with Crippen molar-refractivity contribution in [1.82, 2.24) is 31.0 Å². The first-order valence-electron chi connectivity index (χ1n) is 11.4. The Labute approximate surface area is 212 Å². The molecule has 4 rings (SSSR count). The van der Waals surface area contributed by atoms with E-state index in [1.165, 1.54) is 0 Å². The molecule has 3 heterocycles. The molecule has 0 saturated carbocycles. The molecular weight excluding hydrogens is 488 g/mol. The summed E-state index contributed by atoms with van der Waals surface area (Å²) in [5, 5.41) is 18.8. The SMILES string of the molecule is O=C(Cn1ccc(-c2cccs2)n1)NC1(C(=O)NCCNC(=O)c2ccc(Cl)cc2)CCNCC1. The van der Waals surface area contributed by atoms with Crippen LogP contribution in [0.4, 0.5) is 0 Å². The highest BCUT2D eigenvalue weighted by molar-refractivity contribution is 7.13. The van der Waals surface area contributed by atoms with Crippen molar-refractivity contribution in [2.45, 2.75) is 24.9 Å². The lowest BCUT2D eigenvalue weighted by molar-refractivity contribution is -0.135. The standard InChI is InChI=1S/C24H27ClN6O3S/c25-18-5-3-17(4-6-18)22(33)27-12-13-28-23(34)24(8-10-26-11-9-24)29-21(32)16-31-14-7-19(30-31)20-2-1-15-35-20/h1-7,14-15,26H,8-13,16H2,(H,27,33)(H,28,34)(H,29,32). The molecule has 0 atom stereocenters. The minimum Gasteiger partial charge on any atom is -0.352 e. The fourth-order valence-electron chi connectivity index (χ4n) is 3.95. The van der Waals surface area contributed by atoms with Crippen molar-refractivity contribution in [3.63, 3.8) is 0 Å². The second kappa shape index (κ2) is 11.5. The molecule has 0 spiro atoms. The summed E-state index contributed by atoms with van der Waals surface area (Å²) in [5.41, 5.74) is 0.290. The topological polar surface area (TPSA) is 117 Å². The number of hydrogen-bond donors (Lipinski definition) is 4. The molecule has 1 saturated heterocycles. The van der Waals surface area contributed by atoms with Crippen molar-refractivity contribution in [3.05, 3.63) is 64.6 Å². The molecule has 0 bridgehead atoms. The van der Waals surface area contributed by atoms with Crippen LogP contribution in [0.25, 0.3) is 10.6 Å². The molecule has 3 amide bonds. The molecular formula is C24H27ClN6O3S. The van der Waals surface area contributed by atoms with Crippen molar-refractivity contribution in [3.8, 4) is 10.6 Å². The highest BCUT2D eigenvalue weighted by atomic mass is 35.5. The number of halogens is 1. The summed E-state index contributed by atoms with van der Waals surface area (Å²) in [6.45, 7) is 1.75. The third-order valence-corrected chi connectivity index (χ3v) is 6.94. The van der Waals surface area contributed by atoms with Crippen molar-refractivity contribution in [1.29, 1.82) is 0 Å². The molecule has 4 N–H and O–H groups in total. The van der Waals surface area contributed by atoms with Crippen LogP contribution in [-0.2, 0) is 16.1 Å². The van der Waals surface area contributed by atoms with E-state index in [1.54, 1.807) is 46.5 Å². The van der Waals surface area contributed by atoms with Gasteiger partial charge in [-0.3, -0.25) is 19.1 Å². The first kappa shape index (κ1) is 24.9. The van der Waals surface area contributed by atoms with Crippen molar-refractivity contribution in [2.75, 3.05) is 26.2 Å². The molecule has 1 aliphatic heterocycles. The lowest BCUT2D eigenvalue weighted by Gasteiger charge is -2.37. The largest absolute Gasteiger partial charge is 0.352 e. The van der Waals surface area contributed by atoms with Crippen molar-refractivity contribution >= 4 is 40.7 Å². The maximum Gasteiger partial charge on any atom is 0.251 e. The van der Waals surface area contributed by atoms with Gasteiger partial charge >= 0.3 is 0 Å². The number of nitrogens with zero attached hydrogens (tertiary/aromatic N) is 2. The van der Waals surface area contributed by atoms with Gasteiger partial charge in [-0.1, -0.05) is 17.7 Å². The summed E-state index contributed by atoms with van der Waals surface area (Å²) in [6.07, 6.45) is 2.70. The number of rotatable bonds is 9. The molecule has 2 aromatic heterocycles. The molecule has 0 unspecified atom stereocenters. The molecule has 1 fully saturated rings. The summed E-state index contributed by atoms with van der Waals surface area (Å²) in [7, 11) is 0. The Morgan fingerprint density at radius 1 is 1.06 bits per heavy atom. The summed E-state index contributed by atoms with van der Waals surface area (Å²) in [5.74, 6) is -0.784. The maximum absolute atomic E-state index is 13.1. The average molecular weight is 515 g/mol. The molecule has 0 aliphatic carbocycles. The molecule has 0 radical (unpaired) electrons. The number of thiophene rings is 1. The van der Waals surface area contributed by atoms with E-state index in [1.807, 2.05) is 23.6 Å². The van der Waals surface area contributed by atoms with Gasteiger partial charge in [0, 0.05) is 29.9 Å². The summed E-state index contributed by atoms with van der Waals surface area (Å²) in [6, 6.07) is 12.4. The zero-order valence-corrected chi connectivity index (χ0v) is 20.6. The molecule has 11 heteroatoms. The van der Waals surface area contributed by atoms with Crippen LogP contribution in [0, 0.1) is 0 Å². The van der Waals surface area contributed by atoms with Crippen LogP contribution in [0.1, 0.15) is 23.2 Å². The van der Waals surface area contributed by atoms with E-state index >= 15 is 0 Å². The third kappa shape index (κ3) is 6.47. The number of nitrogens with one attached hydrogen (secondary N) is 4. The third-order valence-electron chi connectivity index (χ3n) is 5.79. The minimum atomic E-state index is -1.01. The van der Waals surface area contributed by atoms with E-state index in [-0.39, 0.29) is 37.4 Å². The number of amides is 3. The Bertz CT molecular complexity index is 1160. The normalized spacial score (nSPS) is 14.8. The van der Waals surface area contributed by atoms with Crippen LogP contribution >= 0.6 is 22.9 Å². The molecule has 3 aromatic rings. The zero-order chi connectivity index (χ0) is 24.7. The first-order valence-corrected chi connectivity index (χ1v) is 12.6. The molecule has 35 heavy (non-hydrogen) atoms. The van der Waals surface area contributed by atoms with Crippen LogP contribution < -0.4 is 21.3 Å². The first-order chi connectivity index (χ1) is 16.9. The summed E-state index contributed by atoms with van der Waals surface area (Å²) in [4.78, 5) is 39.2. The number of carbonyl (C=O) groups excluding carboxylic acids is 3. The Balaban J connectivity index is 1.29. The smallest absolute Gasteiger partial charge is 0.251 e. The number of carbonyl (C=O) groups is 3. The van der Waals surface area contributed by atoms with Crippen LogP contribution in [-0.4, -0.2) is 59.2 Å². The van der Waals surface area contributed by atoms with Crippen LogP contribution in [0.3, 0.4) is 0 Å². The van der Waals surface area contributed by atoms with E-state index in [0.717, 1.165) is 10.6 Å². The molecule has 184 valence electrons. The Hall–Kier alpha value is -3.21. The lowest BCUT2D eigenvalue weighted by atomic mass is 9.87. The van der Waals surface area contributed by atoms with Crippen molar-refractivity contribution < 1.29 is 14.4 Å². The fraction of sp³-hybridized carbons (Fsp3) is 0.333. The van der Waals surface area contributed by atoms with Crippen LogP contribution in [0.5, 0.6) is 0 Å². The maximum atomic E-state index is 13.1. The average Bonchev–Trinajstić information content (AvgIpc) is 3.55.